The fraction of sp³-hybridized carbons (Fsp3) is 0.444. The standard InChI is InChI=1S/C18H20F3N7OS/c1-28-8-12(15(27-28)18(19,20)21)25-16(29)11-9-30-17-14(11)26-13(7-23-17)24-10-4-2-3-5-22-6-10/h7-10,22H,2-6H2,1H3,(H,24,26)(H,25,29)/t10-/m0/s1. The minimum atomic E-state index is -4.68. The van der Waals surface area contributed by atoms with Crippen LogP contribution in [0.2, 0.25) is 0 Å². The van der Waals surface area contributed by atoms with Gasteiger partial charge in [0.2, 0.25) is 0 Å². The van der Waals surface area contributed by atoms with Crippen molar-refractivity contribution < 1.29 is 18.0 Å². The number of alkyl halides is 3. The molecule has 4 rings (SSSR count). The molecular weight excluding hydrogens is 419 g/mol. The molecule has 0 aliphatic carbocycles. The van der Waals surface area contributed by atoms with E-state index in [2.05, 4.69) is 31.0 Å². The average molecular weight is 439 g/mol. The molecule has 1 aliphatic heterocycles. The van der Waals surface area contributed by atoms with Crippen LogP contribution in [0, 0.1) is 0 Å². The first-order chi connectivity index (χ1) is 14.3. The fourth-order valence-corrected chi connectivity index (χ4v) is 4.20. The van der Waals surface area contributed by atoms with Gasteiger partial charge < -0.3 is 16.0 Å². The third kappa shape index (κ3) is 4.38. The molecule has 1 aliphatic rings. The van der Waals surface area contributed by atoms with Crippen molar-refractivity contribution in [1.29, 1.82) is 0 Å². The minimum Gasteiger partial charge on any atom is -0.365 e. The molecule has 1 amide bonds. The van der Waals surface area contributed by atoms with Crippen molar-refractivity contribution in [3.05, 3.63) is 29.0 Å². The molecule has 30 heavy (non-hydrogen) atoms. The summed E-state index contributed by atoms with van der Waals surface area (Å²) in [4.78, 5) is 22.1. The lowest BCUT2D eigenvalue weighted by molar-refractivity contribution is -0.140. The van der Waals surface area contributed by atoms with Gasteiger partial charge in [-0.05, 0) is 19.4 Å². The van der Waals surface area contributed by atoms with Gasteiger partial charge in [0.15, 0.2) is 5.69 Å². The lowest BCUT2D eigenvalue weighted by Crippen LogP contribution is -2.31. The van der Waals surface area contributed by atoms with Crippen molar-refractivity contribution in [1.82, 2.24) is 25.1 Å². The summed E-state index contributed by atoms with van der Waals surface area (Å²) in [6.45, 7) is 1.78. The Hall–Kier alpha value is -2.73. The van der Waals surface area contributed by atoms with Crippen LogP contribution < -0.4 is 16.0 Å². The van der Waals surface area contributed by atoms with Crippen molar-refractivity contribution in [2.75, 3.05) is 23.7 Å². The Morgan fingerprint density at radius 1 is 1.37 bits per heavy atom. The highest BCUT2D eigenvalue weighted by atomic mass is 32.1. The van der Waals surface area contributed by atoms with Gasteiger partial charge in [0.1, 0.15) is 16.2 Å². The van der Waals surface area contributed by atoms with Crippen LogP contribution in [0.1, 0.15) is 35.3 Å². The molecule has 0 spiro atoms. The number of aryl methyl sites for hydroxylation is 1. The van der Waals surface area contributed by atoms with Gasteiger partial charge in [-0.15, -0.1) is 11.3 Å². The second-order valence-electron chi connectivity index (χ2n) is 7.12. The number of aromatic nitrogens is 4. The van der Waals surface area contributed by atoms with Gasteiger partial charge in [0, 0.05) is 31.2 Å². The number of hydrogen-bond donors (Lipinski definition) is 3. The molecule has 8 nitrogen and oxygen atoms in total. The van der Waals surface area contributed by atoms with Crippen LogP contribution in [0.4, 0.5) is 24.7 Å². The van der Waals surface area contributed by atoms with Crippen LogP contribution in [-0.4, -0.2) is 44.8 Å². The maximum Gasteiger partial charge on any atom is 0.437 e. The number of carbonyl (C=O) groups is 1. The second-order valence-corrected chi connectivity index (χ2v) is 7.97. The van der Waals surface area contributed by atoms with E-state index < -0.39 is 23.5 Å². The van der Waals surface area contributed by atoms with E-state index >= 15 is 0 Å². The summed E-state index contributed by atoms with van der Waals surface area (Å²) in [5.74, 6) is -0.164. The molecule has 0 bridgehead atoms. The van der Waals surface area contributed by atoms with Gasteiger partial charge in [-0.1, -0.05) is 6.42 Å². The van der Waals surface area contributed by atoms with E-state index in [9.17, 15) is 18.0 Å². The molecule has 0 unspecified atom stereocenters. The van der Waals surface area contributed by atoms with Gasteiger partial charge in [0.25, 0.3) is 5.91 Å². The van der Waals surface area contributed by atoms with Crippen LogP contribution in [-0.2, 0) is 13.2 Å². The maximum atomic E-state index is 13.2. The minimum absolute atomic E-state index is 0.169. The number of hydrogen-bond acceptors (Lipinski definition) is 7. The van der Waals surface area contributed by atoms with Gasteiger partial charge >= 0.3 is 6.18 Å². The Balaban J connectivity index is 1.57. The molecule has 160 valence electrons. The number of nitrogens with zero attached hydrogens (tertiary/aromatic N) is 4. The monoisotopic (exact) mass is 439 g/mol. The highest BCUT2D eigenvalue weighted by Gasteiger charge is 2.37. The summed E-state index contributed by atoms with van der Waals surface area (Å²) in [6, 6.07) is 0.194. The van der Waals surface area contributed by atoms with E-state index in [1.54, 1.807) is 11.6 Å². The van der Waals surface area contributed by atoms with E-state index in [1.165, 1.54) is 18.4 Å². The van der Waals surface area contributed by atoms with Crippen LogP contribution in [0.25, 0.3) is 10.3 Å². The fourth-order valence-electron chi connectivity index (χ4n) is 3.37. The Kier molecular flexibility index (Phi) is 5.60. The Labute approximate surface area is 173 Å². The Morgan fingerprint density at radius 3 is 3.00 bits per heavy atom. The number of anilines is 2. The zero-order valence-electron chi connectivity index (χ0n) is 16.1. The quantitative estimate of drug-likeness (QED) is 0.578. The number of carbonyl (C=O) groups excluding carboxylic acids is 1. The van der Waals surface area contributed by atoms with E-state index in [-0.39, 0.29) is 11.6 Å². The molecule has 3 aromatic heterocycles. The maximum absolute atomic E-state index is 13.2. The first-order valence-corrected chi connectivity index (χ1v) is 10.3. The summed E-state index contributed by atoms with van der Waals surface area (Å²) in [7, 11) is 1.36. The normalized spacial score (nSPS) is 17.7. The van der Waals surface area contributed by atoms with Crippen molar-refractivity contribution in [3.63, 3.8) is 0 Å². The zero-order chi connectivity index (χ0) is 21.3. The molecule has 1 atom stereocenters. The molecule has 0 aromatic carbocycles. The van der Waals surface area contributed by atoms with Crippen LogP contribution in [0.5, 0.6) is 0 Å². The SMILES string of the molecule is Cn1cc(NC(=O)c2csc3ncc(N[C@H]4CCCCNC4)nc23)c(C(F)(F)F)n1. The molecule has 0 saturated carbocycles. The molecule has 1 fully saturated rings. The molecule has 4 heterocycles. The molecule has 3 N–H and O–H groups in total. The van der Waals surface area contributed by atoms with Crippen molar-refractivity contribution in [3.8, 4) is 0 Å². The van der Waals surface area contributed by atoms with E-state index in [4.69, 9.17) is 0 Å². The Morgan fingerprint density at radius 2 is 2.20 bits per heavy atom. The largest absolute Gasteiger partial charge is 0.437 e. The van der Waals surface area contributed by atoms with Crippen molar-refractivity contribution in [2.24, 2.45) is 7.05 Å². The van der Waals surface area contributed by atoms with Crippen molar-refractivity contribution in [2.45, 2.75) is 31.5 Å². The number of fused-ring (bicyclic) bond motifs is 1. The van der Waals surface area contributed by atoms with Gasteiger partial charge in [-0.2, -0.15) is 18.3 Å². The molecule has 1 saturated heterocycles. The first kappa shape index (κ1) is 20.5. The highest BCUT2D eigenvalue weighted by Crippen LogP contribution is 2.34. The molecule has 3 aromatic rings. The topological polar surface area (TPSA) is 96.8 Å². The van der Waals surface area contributed by atoms with E-state index in [1.807, 2.05) is 0 Å². The van der Waals surface area contributed by atoms with Crippen LogP contribution >= 0.6 is 11.3 Å². The summed E-state index contributed by atoms with van der Waals surface area (Å²) in [6.07, 6.45) is 1.25. The smallest absolute Gasteiger partial charge is 0.365 e. The lowest BCUT2D eigenvalue weighted by atomic mass is 10.1. The average Bonchev–Trinajstić information content (AvgIpc) is 3.17. The number of thiophene rings is 1. The summed E-state index contributed by atoms with van der Waals surface area (Å²) in [5, 5.41) is 13.9. The predicted molar refractivity (Wildman–Crippen MR) is 108 cm³/mol. The third-order valence-corrected chi connectivity index (χ3v) is 5.65. The Bertz CT molecular complexity index is 1050. The summed E-state index contributed by atoms with van der Waals surface area (Å²) < 4.78 is 40.5. The molecule has 0 radical (unpaired) electrons. The van der Waals surface area contributed by atoms with E-state index in [0.717, 1.165) is 43.2 Å². The predicted octanol–water partition coefficient (Wildman–Crippen LogP) is 3.25. The number of amides is 1. The number of nitrogens with one attached hydrogen (secondary N) is 3. The zero-order valence-corrected chi connectivity index (χ0v) is 16.9. The third-order valence-electron chi connectivity index (χ3n) is 4.77. The second kappa shape index (κ2) is 8.19. The highest BCUT2D eigenvalue weighted by molar-refractivity contribution is 7.17. The van der Waals surface area contributed by atoms with Gasteiger partial charge in [-0.25, -0.2) is 9.97 Å². The molecule has 12 heteroatoms. The lowest BCUT2D eigenvalue weighted by Gasteiger charge is -2.16. The van der Waals surface area contributed by atoms with E-state index in [0.29, 0.717) is 16.2 Å². The molecular formula is C18H20F3N7OS. The van der Waals surface area contributed by atoms with Crippen LogP contribution in [0.3, 0.4) is 0 Å². The van der Waals surface area contributed by atoms with Crippen LogP contribution in [0.15, 0.2) is 17.8 Å². The van der Waals surface area contributed by atoms with Crippen molar-refractivity contribution >= 4 is 39.1 Å². The number of halogens is 3. The number of rotatable bonds is 4. The summed E-state index contributed by atoms with van der Waals surface area (Å²) >= 11 is 1.21. The van der Waals surface area contributed by atoms with Gasteiger partial charge in [0.05, 0.1) is 17.4 Å². The summed E-state index contributed by atoms with van der Waals surface area (Å²) in [5.41, 5.74) is -1.03. The first-order valence-electron chi connectivity index (χ1n) is 9.45. The van der Waals surface area contributed by atoms with Gasteiger partial charge in [-0.3, -0.25) is 9.48 Å².